The van der Waals surface area contributed by atoms with Crippen LogP contribution in [0.2, 0.25) is 0 Å². The summed E-state index contributed by atoms with van der Waals surface area (Å²) in [5.74, 6) is 0. The summed E-state index contributed by atoms with van der Waals surface area (Å²) in [4.78, 5) is 0. The number of benzene rings is 1. The molecular weight excluding hydrogens is 236 g/mol. The minimum Gasteiger partial charge on any atom is -0.543 e. The lowest BCUT2D eigenvalue weighted by atomic mass is 9.69. The smallest absolute Gasteiger partial charge is 0.416 e. The van der Waals surface area contributed by atoms with Gasteiger partial charge >= 0.3 is 12.9 Å². The number of hydrogen-bond donors (Lipinski definition) is 0. The molecule has 0 aromatic heterocycles. The Labute approximate surface area is 97.5 Å². The van der Waals surface area contributed by atoms with Crippen LogP contribution in [0.25, 0.3) is 0 Å². The molecule has 0 aliphatic rings. The molecule has 0 aliphatic carbocycles. The molecule has 0 spiro atoms. The standard InChI is InChI=1S/C10H13BF3O3/c1-15-11(16-2,17-3)9-6-4-8(5-7-9)10(12,13)14/h4-7H,1-3H3/q-1. The van der Waals surface area contributed by atoms with Crippen molar-refractivity contribution in [2.75, 3.05) is 21.3 Å². The van der Waals surface area contributed by atoms with Crippen LogP contribution in [0.5, 0.6) is 0 Å². The van der Waals surface area contributed by atoms with Crippen molar-refractivity contribution in [1.29, 1.82) is 0 Å². The van der Waals surface area contributed by atoms with Crippen LogP contribution in [-0.4, -0.2) is 28.1 Å². The fourth-order valence-corrected chi connectivity index (χ4v) is 1.60. The van der Waals surface area contributed by atoms with Crippen molar-refractivity contribution in [3.63, 3.8) is 0 Å². The maximum absolute atomic E-state index is 12.4. The van der Waals surface area contributed by atoms with E-state index in [1.165, 1.54) is 33.5 Å². The summed E-state index contributed by atoms with van der Waals surface area (Å²) in [7, 11) is 4.10. The maximum Gasteiger partial charge on any atom is 0.416 e. The van der Waals surface area contributed by atoms with E-state index in [4.69, 9.17) is 14.0 Å². The Kier molecular flexibility index (Phi) is 4.18. The average molecular weight is 249 g/mol. The third-order valence-corrected chi connectivity index (χ3v) is 2.58. The number of hydrogen-bond acceptors (Lipinski definition) is 3. The van der Waals surface area contributed by atoms with E-state index in [2.05, 4.69) is 0 Å². The fourth-order valence-electron chi connectivity index (χ4n) is 1.60. The van der Waals surface area contributed by atoms with Gasteiger partial charge in [-0.3, -0.25) is 0 Å². The maximum atomic E-state index is 12.4. The van der Waals surface area contributed by atoms with Gasteiger partial charge in [-0.1, -0.05) is 24.3 Å². The zero-order valence-corrected chi connectivity index (χ0v) is 9.75. The van der Waals surface area contributed by atoms with Gasteiger partial charge in [0.1, 0.15) is 0 Å². The lowest BCUT2D eigenvalue weighted by molar-refractivity contribution is -0.137. The quantitative estimate of drug-likeness (QED) is 0.761. The van der Waals surface area contributed by atoms with E-state index >= 15 is 0 Å². The van der Waals surface area contributed by atoms with Crippen LogP contribution in [0.15, 0.2) is 24.3 Å². The average Bonchev–Trinajstić information content (AvgIpc) is 2.32. The van der Waals surface area contributed by atoms with Gasteiger partial charge in [0, 0.05) is 0 Å². The van der Waals surface area contributed by atoms with Crippen LogP contribution in [0.1, 0.15) is 5.56 Å². The lowest BCUT2D eigenvalue weighted by Gasteiger charge is -2.37. The number of alkyl halides is 3. The Morgan fingerprint density at radius 1 is 0.882 bits per heavy atom. The molecule has 0 unspecified atom stereocenters. The van der Waals surface area contributed by atoms with Crippen LogP contribution >= 0.6 is 0 Å². The van der Waals surface area contributed by atoms with Crippen molar-refractivity contribution in [1.82, 2.24) is 0 Å². The first kappa shape index (κ1) is 14.0. The first-order valence-electron chi connectivity index (χ1n) is 4.86. The van der Waals surface area contributed by atoms with E-state index in [1.54, 1.807) is 0 Å². The summed E-state index contributed by atoms with van der Waals surface area (Å²) in [5.41, 5.74) is -0.320. The Bertz CT molecular complexity index is 352. The van der Waals surface area contributed by atoms with Gasteiger partial charge in [0.2, 0.25) is 0 Å². The second-order valence-corrected chi connectivity index (χ2v) is 3.47. The molecule has 17 heavy (non-hydrogen) atoms. The van der Waals surface area contributed by atoms with Gasteiger partial charge in [0.15, 0.2) is 0 Å². The molecule has 96 valence electrons. The van der Waals surface area contributed by atoms with Crippen molar-refractivity contribution in [3.8, 4) is 0 Å². The fraction of sp³-hybridized carbons (Fsp3) is 0.400. The molecule has 0 N–H and O–H groups in total. The van der Waals surface area contributed by atoms with Crippen molar-refractivity contribution >= 4 is 12.2 Å². The molecule has 0 bridgehead atoms. The van der Waals surface area contributed by atoms with Crippen LogP contribution in [0.4, 0.5) is 13.2 Å². The summed E-state index contributed by atoms with van der Waals surface area (Å²) in [5, 5.41) is 0. The summed E-state index contributed by atoms with van der Waals surface area (Å²) < 4.78 is 52.4. The van der Waals surface area contributed by atoms with E-state index in [1.807, 2.05) is 0 Å². The molecule has 3 nitrogen and oxygen atoms in total. The molecule has 1 rings (SSSR count). The molecular formula is C10H13BF3O3-. The molecule has 0 heterocycles. The highest BCUT2D eigenvalue weighted by Gasteiger charge is 2.32. The Hall–Kier alpha value is -1.05. The lowest BCUT2D eigenvalue weighted by Crippen LogP contribution is -2.54. The minimum absolute atomic E-state index is 0.408. The predicted molar refractivity (Wildman–Crippen MR) is 57.9 cm³/mol. The molecule has 1 aromatic carbocycles. The molecule has 0 amide bonds. The Morgan fingerprint density at radius 3 is 1.59 bits per heavy atom. The zero-order chi connectivity index (χ0) is 13.1. The van der Waals surface area contributed by atoms with Crippen LogP contribution in [0, 0.1) is 0 Å². The van der Waals surface area contributed by atoms with Crippen molar-refractivity contribution in [2.24, 2.45) is 0 Å². The van der Waals surface area contributed by atoms with Crippen molar-refractivity contribution < 1.29 is 27.1 Å². The SMILES string of the molecule is CO[B-](OC)(OC)c1ccc(C(F)(F)F)cc1. The van der Waals surface area contributed by atoms with Gasteiger partial charge in [-0.2, -0.15) is 13.2 Å². The van der Waals surface area contributed by atoms with E-state index in [9.17, 15) is 13.2 Å². The zero-order valence-electron chi connectivity index (χ0n) is 9.75. The van der Waals surface area contributed by atoms with E-state index in [0.29, 0.717) is 5.46 Å². The van der Waals surface area contributed by atoms with Gasteiger partial charge in [-0.25, -0.2) is 0 Å². The first-order valence-corrected chi connectivity index (χ1v) is 4.86. The Morgan fingerprint density at radius 2 is 1.29 bits per heavy atom. The van der Waals surface area contributed by atoms with Gasteiger partial charge in [-0.15, -0.1) is 5.46 Å². The molecule has 7 heteroatoms. The topological polar surface area (TPSA) is 27.7 Å². The summed E-state index contributed by atoms with van der Waals surface area (Å²) >= 11 is 0. The van der Waals surface area contributed by atoms with Crippen LogP contribution in [0.3, 0.4) is 0 Å². The summed E-state index contributed by atoms with van der Waals surface area (Å²) in [6.45, 7) is -2.18. The van der Waals surface area contributed by atoms with Gasteiger partial charge in [0.05, 0.1) is 5.56 Å². The third kappa shape index (κ3) is 2.80. The number of halogens is 3. The predicted octanol–water partition coefficient (Wildman–Crippen LogP) is 1.79. The second kappa shape index (κ2) is 5.08. The molecule has 0 atom stereocenters. The van der Waals surface area contributed by atoms with E-state index < -0.39 is 18.5 Å². The molecule has 0 saturated heterocycles. The van der Waals surface area contributed by atoms with Gasteiger partial charge < -0.3 is 14.0 Å². The van der Waals surface area contributed by atoms with Crippen LogP contribution in [-0.2, 0) is 20.1 Å². The first-order chi connectivity index (χ1) is 7.89. The second-order valence-electron chi connectivity index (χ2n) is 3.47. The van der Waals surface area contributed by atoms with Crippen molar-refractivity contribution in [2.45, 2.75) is 6.18 Å². The monoisotopic (exact) mass is 249 g/mol. The van der Waals surface area contributed by atoms with Gasteiger partial charge in [0.25, 0.3) is 0 Å². The Balaban J connectivity index is 3.09. The highest BCUT2D eigenvalue weighted by molar-refractivity contribution is 6.75. The molecule has 0 fully saturated rings. The largest absolute Gasteiger partial charge is 0.543 e. The highest BCUT2D eigenvalue weighted by Crippen LogP contribution is 2.28. The molecule has 0 aliphatic heterocycles. The molecule has 0 saturated carbocycles. The molecule has 0 radical (unpaired) electrons. The van der Waals surface area contributed by atoms with Crippen molar-refractivity contribution in [3.05, 3.63) is 29.8 Å². The summed E-state index contributed by atoms with van der Waals surface area (Å²) in [6.07, 6.45) is -4.36. The molecule has 1 aromatic rings. The van der Waals surface area contributed by atoms with Crippen LogP contribution < -0.4 is 5.46 Å². The highest BCUT2D eigenvalue weighted by atomic mass is 19.4. The number of rotatable bonds is 4. The normalized spacial score (nSPS) is 12.8. The third-order valence-electron chi connectivity index (χ3n) is 2.58. The van der Waals surface area contributed by atoms with E-state index in [0.717, 1.165) is 12.1 Å². The van der Waals surface area contributed by atoms with E-state index in [-0.39, 0.29) is 0 Å². The van der Waals surface area contributed by atoms with Gasteiger partial charge in [-0.05, 0) is 21.3 Å². The summed E-state index contributed by atoms with van der Waals surface area (Å²) in [6, 6.07) is 4.48. The minimum atomic E-state index is -4.36.